The minimum absolute atomic E-state index is 0.318. The highest BCUT2D eigenvalue weighted by Gasteiger charge is 2.08. The van der Waals surface area contributed by atoms with Gasteiger partial charge in [0, 0.05) is 12.6 Å². The maximum atomic E-state index is 9.35. The molecule has 2 heteroatoms. The van der Waals surface area contributed by atoms with Crippen LogP contribution in [-0.2, 0) is 13.0 Å². The van der Waals surface area contributed by atoms with Crippen molar-refractivity contribution in [3.8, 4) is 5.75 Å². The zero-order valence-electron chi connectivity index (χ0n) is 12.3. The monoisotopic (exact) mass is 269 g/mol. The fourth-order valence-corrected chi connectivity index (χ4v) is 2.34. The van der Waals surface area contributed by atoms with Crippen LogP contribution in [0, 0.1) is 0 Å². The van der Waals surface area contributed by atoms with Gasteiger partial charge in [-0.1, -0.05) is 50.2 Å². The molecule has 0 saturated carbocycles. The fraction of sp³-hybridized carbons (Fsp3) is 0.333. The minimum Gasteiger partial charge on any atom is -0.508 e. The highest BCUT2D eigenvalue weighted by atomic mass is 16.3. The molecular weight excluding hydrogens is 246 g/mol. The van der Waals surface area contributed by atoms with Gasteiger partial charge in [0.25, 0.3) is 0 Å². The second kappa shape index (κ2) is 7.11. The normalized spacial score (nSPS) is 12.3. The van der Waals surface area contributed by atoms with Crippen LogP contribution in [0.15, 0.2) is 48.5 Å². The summed E-state index contributed by atoms with van der Waals surface area (Å²) in [6, 6.07) is 16.5. The van der Waals surface area contributed by atoms with Crippen molar-refractivity contribution in [2.75, 3.05) is 0 Å². The predicted molar refractivity (Wildman–Crippen MR) is 83.8 cm³/mol. The largest absolute Gasteiger partial charge is 0.508 e. The highest BCUT2D eigenvalue weighted by Crippen LogP contribution is 2.20. The van der Waals surface area contributed by atoms with Gasteiger partial charge in [0.05, 0.1) is 0 Å². The van der Waals surface area contributed by atoms with Gasteiger partial charge in [-0.15, -0.1) is 0 Å². The first-order valence-corrected chi connectivity index (χ1v) is 7.33. The number of aromatic hydroxyl groups is 1. The Hall–Kier alpha value is -1.80. The number of rotatable bonds is 6. The molecule has 2 N–H and O–H groups in total. The van der Waals surface area contributed by atoms with Crippen LogP contribution in [0.3, 0.4) is 0 Å². The van der Waals surface area contributed by atoms with E-state index in [0.717, 1.165) is 19.4 Å². The first-order chi connectivity index (χ1) is 9.72. The number of benzene rings is 2. The van der Waals surface area contributed by atoms with Crippen LogP contribution in [0.5, 0.6) is 5.75 Å². The molecule has 0 radical (unpaired) electrons. The topological polar surface area (TPSA) is 32.3 Å². The molecule has 2 rings (SSSR count). The summed E-state index contributed by atoms with van der Waals surface area (Å²) in [6.45, 7) is 5.21. The lowest BCUT2D eigenvalue weighted by Crippen LogP contribution is -2.20. The zero-order valence-corrected chi connectivity index (χ0v) is 12.3. The summed E-state index contributed by atoms with van der Waals surface area (Å²) in [5, 5.41) is 12.9. The Labute approximate surface area is 121 Å². The van der Waals surface area contributed by atoms with Crippen LogP contribution < -0.4 is 5.32 Å². The molecule has 1 unspecified atom stereocenters. The van der Waals surface area contributed by atoms with Gasteiger partial charge >= 0.3 is 0 Å². The molecule has 2 aromatic carbocycles. The van der Waals surface area contributed by atoms with E-state index in [1.807, 2.05) is 12.1 Å². The van der Waals surface area contributed by atoms with Crippen molar-refractivity contribution < 1.29 is 5.11 Å². The van der Waals surface area contributed by atoms with Crippen molar-refractivity contribution in [1.29, 1.82) is 0 Å². The molecule has 1 atom stereocenters. The van der Waals surface area contributed by atoms with Gasteiger partial charge < -0.3 is 10.4 Å². The minimum atomic E-state index is 0.318. The lowest BCUT2D eigenvalue weighted by atomic mass is 10.0. The molecule has 0 amide bonds. The van der Waals surface area contributed by atoms with Gasteiger partial charge in [-0.2, -0.15) is 0 Å². The zero-order chi connectivity index (χ0) is 14.4. The summed E-state index contributed by atoms with van der Waals surface area (Å²) >= 11 is 0. The molecule has 0 saturated heterocycles. The third-order valence-corrected chi connectivity index (χ3v) is 3.69. The molecule has 0 fully saturated rings. The van der Waals surface area contributed by atoms with Gasteiger partial charge in [-0.3, -0.25) is 0 Å². The Balaban J connectivity index is 1.97. The van der Waals surface area contributed by atoms with Crippen LogP contribution >= 0.6 is 0 Å². The van der Waals surface area contributed by atoms with Crippen LogP contribution in [0.4, 0.5) is 0 Å². The van der Waals surface area contributed by atoms with Crippen molar-refractivity contribution in [2.45, 2.75) is 39.3 Å². The van der Waals surface area contributed by atoms with E-state index in [1.54, 1.807) is 12.1 Å². The van der Waals surface area contributed by atoms with Crippen LogP contribution in [-0.4, -0.2) is 5.11 Å². The van der Waals surface area contributed by atoms with Gasteiger partial charge in [0.2, 0.25) is 0 Å². The van der Waals surface area contributed by atoms with Crippen molar-refractivity contribution >= 4 is 0 Å². The first-order valence-electron chi connectivity index (χ1n) is 7.33. The van der Waals surface area contributed by atoms with E-state index < -0.39 is 0 Å². The molecule has 106 valence electrons. The molecular formula is C18H23NO. The van der Waals surface area contributed by atoms with Gasteiger partial charge in [0.15, 0.2) is 0 Å². The third-order valence-electron chi connectivity index (χ3n) is 3.69. The van der Waals surface area contributed by atoms with Crippen molar-refractivity contribution in [2.24, 2.45) is 0 Å². The van der Waals surface area contributed by atoms with E-state index in [0.29, 0.717) is 11.8 Å². The van der Waals surface area contributed by atoms with Crippen molar-refractivity contribution in [3.05, 3.63) is 65.2 Å². The Bertz CT molecular complexity index is 516. The Morgan fingerprint density at radius 1 is 0.900 bits per heavy atom. The fourth-order valence-electron chi connectivity index (χ4n) is 2.34. The number of phenolic OH excluding ortho intramolecular Hbond substituents is 1. The average Bonchev–Trinajstić information content (AvgIpc) is 2.50. The lowest BCUT2D eigenvalue weighted by molar-refractivity contribution is 0.473. The third kappa shape index (κ3) is 3.84. The molecule has 20 heavy (non-hydrogen) atoms. The highest BCUT2D eigenvalue weighted by molar-refractivity contribution is 5.28. The summed E-state index contributed by atoms with van der Waals surface area (Å²) in [5.41, 5.74) is 3.90. The average molecular weight is 269 g/mol. The summed E-state index contributed by atoms with van der Waals surface area (Å²) in [4.78, 5) is 0. The Morgan fingerprint density at radius 3 is 2.05 bits per heavy atom. The molecule has 0 aliphatic heterocycles. The molecule has 0 aromatic heterocycles. The van der Waals surface area contributed by atoms with E-state index >= 15 is 0 Å². The molecule has 0 aliphatic carbocycles. The molecule has 0 aliphatic rings. The van der Waals surface area contributed by atoms with Crippen molar-refractivity contribution in [1.82, 2.24) is 5.32 Å². The molecule has 0 spiro atoms. The smallest absolute Gasteiger partial charge is 0.115 e. The first kappa shape index (κ1) is 14.6. The van der Waals surface area contributed by atoms with E-state index in [4.69, 9.17) is 0 Å². The summed E-state index contributed by atoms with van der Waals surface area (Å²) in [7, 11) is 0. The number of nitrogens with one attached hydrogen (secondary N) is 1. The Morgan fingerprint density at radius 2 is 1.50 bits per heavy atom. The SMILES string of the molecule is CCc1ccc(CNC(CC)c2ccc(O)cc2)cc1. The standard InChI is InChI=1S/C18H23NO/c1-3-14-5-7-15(8-6-14)13-19-18(4-2)16-9-11-17(20)12-10-16/h5-12,18-20H,3-4,13H2,1-2H3. The predicted octanol–water partition coefficient (Wildman–Crippen LogP) is 4.20. The van der Waals surface area contributed by atoms with Crippen LogP contribution in [0.2, 0.25) is 0 Å². The quantitative estimate of drug-likeness (QED) is 0.824. The number of hydrogen-bond acceptors (Lipinski definition) is 2. The number of phenols is 1. The van der Waals surface area contributed by atoms with E-state index in [9.17, 15) is 5.11 Å². The second-order valence-electron chi connectivity index (χ2n) is 5.10. The van der Waals surface area contributed by atoms with Crippen molar-refractivity contribution in [3.63, 3.8) is 0 Å². The molecule has 2 aromatic rings. The van der Waals surface area contributed by atoms with Crippen LogP contribution in [0.25, 0.3) is 0 Å². The van der Waals surface area contributed by atoms with Gasteiger partial charge in [-0.25, -0.2) is 0 Å². The maximum Gasteiger partial charge on any atom is 0.115 e. The molecule has 0 heterocycles. The summed E-state index contributed by atoms with van der Waals surface area (Å²) in [5.74, 6) is 0.318. The second-order valence-corrected chi connectivity index (χ2v) is 5.10. The van der Waals surface area contributed by atoms with Gasteiger partial charge in [-0.05, 0) is 41.7 Å². The molecule has 0 bridgehead atoms. The van der Waals surface area contributed by atoms with Gasteiger partial charge in [0.1, 0.15) is 5.75 Å². The summed E-state index contributed by atoms with van der Waals surface area (Å²) < 4.78 is 0. The molecule has 2 nitrogen and oxygen atoms in total. The van der Waals surface area contributed by atoms with E-state index in [1.165, 1.54) is 16.7 Å². The summed E-state index contributed by atoms with van der Waals surface area (Å²) in [6.07, 6.45) is 2.11. The number of hydrogen-bond donors (Lipinski definition) is 2. The van der Waals surface area contributed by atoms with E-state index in [-0.39, 0.29) is 0 Å². The van der Waals surface area contributed by atoms with E-state index in [2.05, 4.69) is 43.4 Å². The number of aryl methyl sites for hydroxylation is 1. The van der Waals surface area contributed by atoms with Crippen LogP contribution in [0.1, 0.15) is 43.0 Å². The maximum absolute atomic E-state index is 9.35. The Kier molecular flexibility index (Phi) is 5.19. The lowest BCUT2D eigenvalue weighted by Gasteiger charge is -2.17.